The molecule has 0 saturated heterocycles. The van der Waals surface area contributed by atoms with Gasteiger partial charge in [-0.15, -0.1) is 0 Å². The van der Waals surface area contributed by atoms with Gasteiger partial charge in [-0.2, -0.15) is 0 Å². The molecule has 0 amide bonds. The number of rotatable bonds is 4. The second-order valence-corrected chi connectivity index (χ2v) is 3.56. The first kappa shape index (κ1) is 12.0. The minimum absolute atomic E-state index is 0.133. The number of fused-ring (bicyclic) bond motifs is 1. The zero-order valence-corrected chi connectivity index (χ0v) is 9.75. The number of para-hydroxylation sites is 1. The number of benzene rings is 1. The fourth-order valence-electron chi connectivity index (χ4n) is 1.50. The van der Waals surface area contributed by atoms with E-state index in [2.05, 4.69) is 9.72 Å². The van der Waals surface area contributed by atoms with Gasteiger partial charge in [0.2, 0.25) is 5.88 Å². The Kier molecular flexibility index (Phi) is 3.52. The predicted octanol–water partition coefficient (Wildman–Crippen LogP) is 1.60. The Morgan fingerprint density at radius 3 is 2.89 bits per heavy atom. The van der Waals surface area contributed by atoms with Crippen molar-refractivity contribution >= 4 is 23.2 Å². The van der Waals surface area contributed by atoms with Crippen LogP contribution in [0.25, 0.3) is 10.9 Å². The summed E-state index contributed by atoms with van der Waals surface area (Å²) in [4.78, 5) is 26.1. The molecule has 0 saturated carbocycles. The van der Waals surface area contributed by atoms with Crippen LogP contribution in [0.2, 0.25) is 0 Å². The molecule has 5 nitrogen and oxygen atoms in total. The summed E-state index contributed by atoms with van der Waals surface area (Å²) in [5, 5.41) is 0.838. The molecule has 0 N–H and O–H groups in total. The Balaban J connectivity index is 2.35. The standard InChI is InChI=1S/C13H11NO4/c1-17-12(16)8-18-13-10(7-15)6-9-4-2-3-5-11(9)14-13/h2-7H,8H2,1H3. The number of hydrogen-bond acceptors (Lipinski definition) is 5. The Bertz CT molecular complexity index is 595. The lowest BCUT2D eigenvalue weighted by Gasteiger charge is -2.07. The summed E-state index contributed by atoms with van der Waals surface area (Å²) in [6, 6.07) is 9.00. The monoisotopic (exact) mass is 245 g/mol. The molecule has 1 aromatic heterocycles. The van der Waals surface area contributed by atoms with Gasteiger partial charge in [-0.25, -0.2) is 9.78 Å². The third-order valence-electron chi connectivity index (χ3n) is 2.40. The van der Waals surface area contributed by atoms with E-state index in [0.29, 0.717) is 17.4 Å². The SMILES string of the molecule is COC(=O)COc1nc2ccccc2cc1C=O. The highest BCUT2D eigenvalue weighted by atomic mass is 16.6. The zero-order chi connectivity index (χ0) is 13.0. The van der Waals surface area contributed by atoms with Crippen LogP contribution in [0.1, 0.15) is 10.4 Å². The number of nitrogens with zero attached hydrogens (tertiary/aromatic N) is 1. The van der Waals surface area contributed by atoms with E-state index in [0.717, 1.165) is 5.39 Å². The van der Waals surface area contributed by atoms with Crippen molar-refractivity contribution in [1.82, 2.24) is 4.98 Å². The van der Waals surface area contributed by atoms with Crippen molar-refractivity contribution in [2.75, 3.05) is 13.7 Å². The fraction of sp³-hybridized carbons (Fsp3) is 0.154. The highest BCUT2D eigenvalue weighted by Crippen LogP contribution is 2.20. The molecule has 18 heavy (non-hydrogen) atoms. The second-order valence-electron chi connectivity index (χ2n) is 3.56. The Morgan fingerprint density at radius 2 is 2.17 bits per heavy atom. The Hall–Kier alpha value is -2.43. The van der Waals surface area contributed by atoms with Gasteiger partial charge in [-0.05, 0) is 12.1 Å². The average molecular weight is 245 g/mol. The maximum absolute atomic E-state index is 11.0. The highest BCUT2D eigenvalue weighted by Gasteiger charge is 2.09. The number of hydrogen-bond donors (Lipinski definition) is 0. The molecular weight excluding hydrogens is 234 g/mol. The maximum atomic E-state index is 11.0. The molecule has 0 aliphatic rings. The van der Waals surface area contributed by atoms with Crippen LogP contribution in [0.5, 0.6) is 5.88 Å². The van der Waals surface area contributed by atoms with E-state index < -0.39 is 5.97 Å². The Morgan fingerprint density at radius 1 is 1.39 bits per heavy atom. The quantitative estimate of drug-likeness (QED) is 0.604. The van der Waals surface area contributed by atoms with Crippen molar-refractivity contribution in [2.24, 2.45) is 0 Å². The van der Waals surface area contributed by atoms with Crippen LogP contribution in [-0.4, -0.2) is 31.0 Å². The predicted molar refractivity (Wildman–Crippen MR) is 64.6 cm³/mol. The van der Waals surface area contributed by atoms with Gasteiger partial charge in [-0.3, -0.25) is 4.79 Å². The summed E-state index contributed by atoms with van der Waals surface area (Å²) in [5.41, 5.74) is 1.00. The van der Waals surface area contributed by atoms with E-state index in [4.69, 9.17) is 4.74 Å². The van der Waals surface area contributed by atoms with Crippen molar-refractivity contribution in [1.29, 1.82) is 0 Å². The molecule has 2 aromatic rings. The first-order chi connectivity index (χ1) is 8.74. The van der Waals surface area contributed by atoms with Gasteiger partial charge in [0.15, 0.2) is 12.9 Å². The topological polar surface area (TPSA) is 65.5 Å². The van der Waals surface area contributed by atoms with Gasteiger partial charge in [0.25, 0.3) is 0 Å². The molecule has 0 aliphatic heterocycles. The summed E-state index contributed by atoms with van der Waals surface area (Å²) >= 11 is 0. The minimum Gasteiger partial charge on any atom is -0.466 e. The van der Waals surface area contributed by atoms with Gasteiger partial charge >= 0.3 is 5.97 Å². The van der Waals surface area contributed by atoms with E-state index >= 15 is 0 Å². The first-order valence-electron chi connectivity index (χ1n) is 5.29. The van der Waals surface area contributed by atoms with E-state index in [1.807, 2.05) is 18.2 Å². The van der Waals surface area contributed by atoms with Crippen LogP contribution in [0.4, 0.5) is 0 Å². The van der Waals surface area contributed by atoms with Crippen molar-refractivity contribution in [3.05, 3.63) is 35.9 Å². The first-order valence-corrected chi connectivity index (χ1v) is 5.29. The van der Waals surface area contributed by atoms with Crippen molar-refractivity contribution < 1.29 is 19.1 Å². The molecule has 0 unspecified atom stereocenters. The number of methoxy groups -OCH3 is 1. The molecular formula is C13H11NO4. The number of esters is 1. The van der Waals surface area contributed by atoms with Crippen molar-refractivity contribution in [3.8, 4) is 5.88 Å². The molecule has 1 heterocycles. The molecule has 0 bridgehead atoms. The molecule has 0 radical (unpaired) electrons. The molecule has 5 heteroatoms. The fourth-order valence-corrected chi connectivity index (χ4v) is 1.50. The summed E-state index contributed by atoms with van der Waals surface area (Å²) < 4.78 is 9.62. The average Bonchev–Trinajstić information content (AvgIpc) is 2.43. The molecule has 92 valence electrons. The third kappa shape index (κ3) is 2.45. The van der Waals surface area contributed by atoms with Crippen LogP contribution in [-0.2, 0) is 9.53 Å². The summed E-state index contributed by atoms with van der Waals surface area (Å²) in [6.45, 7) is -0.275. The van der Waals surface area contributed by atoms with Crippen LogP contribution in [0, 0.1) is 0 Å². The number of aromatic nitrogens is 1. The highest BCUT2D eigenvalue weighted by molar-refractivity contribution is 5.88. The lowest BCUT2D eigenvalue weighted by Crippen LogP contribution is -2.14. The molecule has 1 aromatic carbocycles. The zero-order valence-electron chi connectivity index (χ0n) is 9.75. The van der Waals surface area contributed by atoms with E-state index in [1.165, 1.54) is 7.11 Å². The molecule has 2 rings (SSSR count). The van der Waals surface area contributed by atoms with Gasteiger partial charge in [-0.1, -0.05) is 18.2 Å². The summed E-state index contributed by atoms with van der Waals surface area (Å²) in [6.07, 6.45) is 0.645. The Labute approximate surface area is 103 Å². The number of carbonyl (C=O) groups is 2. The maximum Gasteiger partial charge on any atom is 0.343 e. The lowest BCUT2D eigenvalue weighted by molar-refractivity contribution is -0.143. The second kappa shape index (κ2) is 5.27. The number of ether oxygens (including phenoxy) is 2. The molecule has 0 fully saturated rings. The van der Waals surface area contributed by atoms with Crippen molar-refractivity contribution in [2.45, 2.75) is 0 Å². The van der Waals surface area contributed by atoms with E-state index in [1.54, 1.807) is 12.1 Å². The van der Waals surface area contributed by atoms with Crippen LogP contribution < -0.4 is 4.74 Å². The largest absolute Gasteiger partial charge is 0.466 e. The number of carbonyl (C=O) groups excluding carboxylic acids is 2. The van der Waals surface area contributed by atoms with Crippen LogP contribution in [0.3, 0.4) is 0 Å². The summed E-state index contributed by atoms with van der Waals surface area (Å²) in [7, 11) is 1.26. The van der Waals surface area contributed by atoms with E-state index in [-0.39, 0.29) is 12.5 Å². The van der Waals surface area contributed by atoms with Gasteiger partial charge in [0.05, 0.1) is 18.2 Å². The van der Waals surface area contributed by atoms with Crippen LogP contribution in [0.15, 0.2) is 30.3 Å². The van der Waals surface area contributed by atoms with Crippen LogP contribution >= 0.6 is 0 Å². The smallest absolute Gasteiger partial charge is 0.343 e. The summed E-state index contributed by atoms with van der Waals surface area (Å²) in [5.74, 6) is -0.393. The van der Waals surface area contributed by atoms with Gasteiger partial charge < -0.3 is 9.47 Å². The molecule has 0 aliphatic carbocycles. The van der Waals surface area contributed by atoms with Gasteiger partial charge in [0.1, 0.15) is 0 Å². The normalized spacial score (nSPS) is 10.1. The third-order valence-corrected chi connectivity index (χ3v) is 2.40. The number of aldehydes is 1. The minimum atomic E-state index is -0.526. The number of pyridine rings is 1. The molecule has 0 atom stereocenters. The lowest BCUT2D eigenvalue weighted by atomic mass is 10.1. The van der Waals surface area contributed by atoms with E-state index in [9.17, 15) is 9.59 Å². The molecule has 0 spiro atoms. The van der Waals surface area contributed by atoms with Gasteiger partial charge in [0, 0.05) is 5.39 Å². The van der Waals surface area contributed by atoms with Crippen molar-refractivity contribution in [3.63, 3.8) is 0 Å².